The molecule has 0 saturated heterocycles. The highest BCUT2D eigenvalue weighted by atomic mass is 16.6. The number of amides is 1. The molecular formula is C20H24N2O4. The van der Waals surface area contributed by atoms with E-state index < -0.39 is 17.7 Å². The predicted molar refractivity (Wildman–Crippen MR) is 98.7 cm³/mol. The first-order chi connectivity index (χ1) is 12.3. The third-order valence-electron chi connectivity index (χ3n) is 3.35. The van der Waals surface area contributed by atoms with E-state index in [0.29, 0.717) is 12.3 Å². The lowest BCUT2D eigenvalue weighted by Crippen LogP contribution is -2.32. The Morgan fingerprint density at radius 2 is 1.81 bits per heavy atom. The first-order valence-corrected chi connectivity index (χ1v) is 8.49. The van der Waals surface area contributed by atoms with Gasteiger partial charge in [0.1, 0.15) is 11.3 Å². The molecule has 6 nitrogen and oxygen atoms in total. The fourth-order valence-electron chi connectivity index (χ4n) is 2.31. The van der Waals surface area contributed by atoms with Gasteiger partial charge in [0.05, 0.1) is 12.3 Å². The Kier molecular flexibility index (Phi) is 6.33. The summed E-state index contributed by atoms with van der Waals surface area (Å²) >= 11 is 0. The molecule has 0 aliphatic rings. The molecule has 1 N–H and O–H groups in total. The Morgan fingerprint density at radius 3 is 2.50 bits per heavy atom. The summed E-state index contributed by atoms with van der Waals surface area (Å²) in [6.07, 6.45) is -0.486. The highest BCUT2D eigenvalue weighted by Gasteiger charge is 2.17. The molecule has 0 atom stereocenters. The monoisotopic (exact) mass is 356 g/mol. The molecule has 0 bridgehead atoms. The van der Waals surface area contributed by atoms with Crippen LogP contribution in [-0.2, 0) is 16.0 Å². The van der Waals surface area contributed by atoms with Crippen LogP contribution >= 0.6 is 0 Å². The van der Waals surface area contributed by atoms with Gasteiger partial charge in [-0.2, -0.15) is 0 Å². The zero-order valence-corrected chi connectivity index (χ0v) is 15.5. The Hall–Kier alpha value is -2.89. The van der Waals surface area contributed by atoms with Gasteiger partial charge in [0.25, 0.3) is 0 Å². The van der Waals surface area contributed by atoms with Gasteiger partial charge < -0.3 is 14.8 Å². The van der Waals surface area contributed by atoms with Crippen molar-refractivity contribution in [3.8, 4) is 11.3 Å². The maximum Gasteiger partial charge on any atom is 0.407 e. The van der Waals surface area contributed by atoms with E-state index in [2.05, 4.69) is 10.3 Å². The standard InChI is InChI=1S/C20H24N2O4/c1-5-25-18(23)17-12-8-11-16(22-17)15-10-7-6-9-14(15)13-21-19(24)26-20(2,3)4/h6-12H,5,13H2,1-4H3,(H,21,24). The fraction of sp³-hybridized carbons (Fsp3) is 0.350. The smallest absolute Gasteiger partial charge is 0.407 e. The number of ether oxygens (including phenoxy) is 2. The summed E-state index contributed by atoms with van der Waals surface area (Å²) in [7, 11) is 0. The van der Waals surface area contributed by atoms with Gasteiger partial charge in [0.15, 0.2) is 0 Å². The summed E-state index contributed by atoms with van der Waals surface area (Å²) in [5.41, 5.74) is 2.03. The summed E-state index contributed by atoms with van der Waals surface area (Å²) in [5, 5.41) is 2.74. The lowest BCUT2D eigenvalue weighted by Gasteiger charge is -2.20. The summed E-state index contributed by atoms with van der Waals surface area (Å²) in [6, 6.07) is 12.7. The van der Waals surface area contributed by atoms with Crippen LogP contribution in [0.4, 0.5) is 4.79 Å². The van der Waals surface area contributed by atoms with Crippen molar-refractivity contribution in [3.63, 3.8) is 0 Å². The van der Waals surface area contributed by atoms with Gasteiger partial charge >= 0.3 is 12.1 Å². The lowest BCUT2D eigenvalue weighted by molar-refractivity contribution is 0.0511. The molecule has 0 aliphatic heterocycles. The first kappa shape index (κ1) is 19.4. The molecule has 26 heavy (non-hydrogen) atoms. The molecule has 0 saturated carbocycles. The normalized spacial score (nSPS) is 10.9. The Balaban J connectivity index is 2.20. The van der Waals surface area contributed by atoms with Crippen molar-refractivity contribution in [2.45, 2.75) is 39.8 Å². The summed E-state index contributed by atoms with van der Waals surface area (Å²) in [4.78, 5) is 28.2. The molecule has 6 heteroatoms. The largest absolute Gasteiger partial charge is 0.461 e. The number of pyridine rings is 1. The maximum atomic E-state index is 11.9. The van der Waals surface area contributed by atoms with Crippen molar-refractivity contribution in [2.75, 3.05) is 6.61 Å². The molecule has 1 amide bonds. The number of hydrogen-bond donors (Lipinski definition) is 1. The predicted octanol–water partition coefficient (Wildman–Crippen LogP) is 3.95. The van der Waals surface area contributed by atoms with Gasteiger partial charge in [-0.3, -0.25) is 0 Å². The summed E-state index contributed by atoms with van der Waals surface area (Å²) < 4.78 is 10.3. The molecular weight excluding hydrogens is 332 g/mol. The van der Waals surface area contributed by atoms with Crippen molar-refractivity contribution >= 4 is 12.1 Å². The molecule has 2 rings (SSSR count). The van der Waals surface area contributed by atoms with Gasteiger partial charge in [-0.05, 0) is 45.4 Å². The van der Waals surface area contributed by atoms with Gasteiger partial charge in [0.2, 0.25) is 0 Å². The molecule has 0 aliphatic carbocycles. The second-order valence-corrected chi connectivity index (χ2v) is 6.64. The number of aromatic nitrogens is 1. The molecule has 138 valence electrons. The number of rotatable bonds is 5. The van der Waals surface area contributed by atoms with Gasteiger partial charge in [-0.25, -0.2) is 14.6 Å². The van der Waals surface area contributed by atoms with Gasteiger partial charge in [-0.15, -0.1) is 0 Å². The average molecular weight is 356 g/mol. The second-order valence-electron chi connectivity index (χ2n) is 6.64. The molecule has 0 unspecified atom stereocenters. The van der Waals surface area contributed by atoms with Crippen LogP contribution in [0.25, 0.3) is 11.3 Å². The molecule has 2 aromatic rings. The number of carbonyl (C=O) groups excluding carboxylic acids is 2. The Bertz CT molecular complexity index is 781. The van der Waals surface area contributed by atoms with Crippen LogP contribution in [0.1, 0.15) is 43.7 Å². The van der Waals surface area contributed by atoms with E-state index in [1.54, 1.807) is 19.1 Å². The molecule has 0 spiro atoms. The number of hydrogen-bond acceptors (Lipinski definition) is 5. The highest BCUT2D eigenvalue weighted by Crippen LogP contribution is 2.22. The molecule has 0 radical (unpaired) electrons. The van der Waals surface area contributed by atoms with E-state index >= 15 is 0 Å². The number of benzene rings is 1. The molecule has 0 fully saturated rings. The van der Waals surface area contributed by atoms with Crippen LogP contribution in [0.3, 0.4) is 0 Å². The number of esters is 1. The minimum absolute atomic E-state index is 0.249. The lowest BCUT2D eigenvalue weighted by atomic mass is 10.0. The van der Waals surface area contributed by atoms with Gasteiger partial charge in [0, 0.05) is 12.1 Å². The zero-order chi connectivity index (χ0) is 19.2. The van der Waals surface area contributed by atoms with Crippen LogP contribution in [0.15, 0.2) is 42.5 Å². The number of nitrogens with zero attached hydrogens (tertiary/aromatic N) is 1. The van der Waals surface area contributed by atoms with E-state index in [9.17, 15) is 9.59 Å². The van der Waals surface area contributed by atoms with Crippen LogP contribution in [0.2, 0.25) is 0 Å². The van der Waals surface area contributed by atoms with Crippen LogP contribution in [0, 0.1) is 0 Å². The maximum absolute atomic E-state index is 11.9. The van der Waals surface area contributed by atoms with Crippen LogP contribution in [-0.4, -0.2) is 29.3 Å². The third-order valence-corrected chi connectivity index (χ3v) is 3.35. The van der Waals surface area contributed by atoms with Crippen LogP contribution in [0.5, 0.6) is 0 Å². The summed E-state index contributed by atoms with van der Waals surface area (Å²) in [5.74, 6) is -0.460. The first-order valence-electron chi connectivity index (χ1n) is 8.49. The van der Waals surface area contributed by atoms with Crippen molar-refractivity contribution in [2.24, 2.45) is 0 Å². The number of nitrogens with one attached hydrogen (secondary N) is 1. The Labute approximate surface area is 153 Å². The highest BCUT2D eigenvalue weighted by molar-refractivity contribution is 5.88. The average Bonchev–Trinajstić information content (AvgIpc) is 2.59. The van der Waals surface area contributed by atoms with E-state index in [4.69, 9.17) is 9.47 Å². The fourth-order valence-corrected chi connectivity index (χ4v) is 2.31. The molecule has 1 aromatic heterocycles. The topological polar surface area (TPSA) is 77.5 Å². The van der Waals surface area contributed by atoms with E-state index in [1.807, 2.05) is 51.1 Å². The van der Waals surface area contributed by atoms with Crippen LogP contribution < -0.4 is 5.32 Å². The number of alkyl carbamates (subject to hydrolysis) is 1. The molecule has 1 heterocycles. The van der Waals surface area contributed by atoms with E-state index in [0.717, 1.165) is 11.1 Å². The second kappa shape index (κ2) is 8.47. The van der Waals surface area contributed by atoms with E-state index in [1.165, 1.54) is 0 Å². The minimum Gasteiger partial charge on any atom is -0.461 e. The minimum atomic E-state index is -0.556. The SMILES string of the molecule is CCOC(=O)c1cccc(-c2ccccc2CNC(=O)OC(C)(C)C)n1. The molecule has 1 aromatic carbocycles. The van der Waals surface area contributed by atoms with Crippen molar-refractivity contribution in [3.05, 3.63) is 53.7 Å². The van der Waals surface area contributed by atoms with Crippen molar-refractivity contribution < 1.29 is 19.1 Å². The van der Waals surface area contributed by atoms with Gasteiger partial charge in [-0.1, -0.05) is 30.3 Å². The quantitative estimate of drug-likeness (QED) is 0.821. The third kappa shape index (κ3) is 5.58. The van der Waals surface area contributed by atoms with Crippen molar-refractivity contribution in [1.29, 1.82) is 0 Å². The summed E-state index contributed by atoms with van der Waals surface area (Å²) in [6.45, 7) is 7.76. The van der Waals surface area contributed by atoms with E-state index in [-0.39, 0.29) is 12.2 Å². The van der Waals surface area contributed by atoms with Crippen molar-refractivity contribution in [1.82, 2.24) is 10.3 Å². The number of carbonyl (C=O) groups is 2. The zero-order valence-electron chi connectivity index (χ0n) is 15.5. The Morgan fingerprint density at radius 1 is 1.08 bits per heavy atom.